The van der Waals surface area contributed by atoms with Gasteiger partial charge >= 0.3 is 5.97 Å². The molecule has 0 rings (SSSR count). The largest absolute Gasteiger partial charge is 0.481 e. The van der Waals surface area contributed by atoms with Crippen LogP contribution in [0.5, 0.6) is 0 Å². The molecule has 0 saturated carbocycles. The average molecular weight is 466 g/mol. The fourth-order valence-corrected chi connectivity index (χ4v) is 4.76. The monoisotopic (exact) mass is 465 g/mol. The number of hydrogen-bond donors (Lipinski definition) is 1. The summed E-state index contributed by atoms with van der Waals surface area (Å²) in [6.45, 7) is 3.57. The lowest BCUT2D eigenvalue weighted by Gasteiger charge is -2.21. The molecule has 0 bridgehead atoms. The summed E-state index contributed by atoms with van der Waals surface area (Å²) in [6.07, 6.45) is 32.8. The molecule has 0 spiro atoms. The van der Waals surface area contributed by atoms with E-state index in [9.17, 15) is 4.79 Å². The molecule has 196 valence electrons. The molecule has 0 amide bonds. The number of carbonyl (C=O) groups is 1. The van der Waals surface area contributed by atoms with Gasteiger partial charge in [0.1, 0.15) is 0 Å². The summed E-state index contributed by atoms with van der Waals surface area (Å²) in [5.41, 5.74) is 0. The fourth-order valence-electron chi connectivity index (χ4n) is 4.76. The quantitative estimate of drug-likeness (QED) is 0.102. The second-order valence-electron chi connectivity index (χ2n) is 10.6. The highest BCUT2D eigenvalue weighted by Crippen LogP contribution is 2.20. The molecule has 0 aromatic carbocycles. The molecule has 0 heterocycles. The standard InChI is InChI=1S/C30H59NO2/c1-4-5-6-22-25-29(28-31(2)3)26-23-20-18-16-14-12-10-8-7-9-11-13-15-17-19-21-24-27-30(32)33/h9,11,29H,4-8,10,12-28H2,1-3H3,(H,32,33)/b11-9-. The first-order chi connectivity index (χ1) is 16.1. The Labute approximate surface area is 207 Å². The van der Waals surface area contributed by atoms with Crippen LogP contribution in [-0.4, -0.2) is 36.6 Å². The van der Waals surface area contributed by atoms with Gasteiger partial charge in [-0.2, -0.15) is 0 Å². The van der Waals surface area contributed by atoms with Crippen molar-refractivity contribution >= 4 is 5.97 Å². The Morgan fingerprint density at radius 1 is 0.667 bits per heavy atom. The van der Waals surface area contributed by atoms with Gasteiger partial charge in [-0.1, -0.05) is 109 Å². The lowest BCUT2D eigenvalue weighted by Crippen LogP contribution is -2.21. The summed E-state index contributed by atoms with van der Waals surface area (Å²) in [7, 11) is 4.45. The normalized spacial score (nSPS) is 12.7. The number of rotatable bonds is 26. The minimum atomic E-state index is -0.661. The molecule has 0 aliphatic rings. The van der Waals surface area contributed by atoms with E-state index < -0.39 is 5.97 Å². The summed E-state index contributed by atoms with van der Waals surface area (Å²) >= 11 is 0. The van der Waals surface area contributed by atoms with Crippen molar-refractivity contribution in [2.45, 2.75) is 148 Å². The van der Waals surface area contributed by atoms with Gasteiger partial charge in [0.25, 0.3) is 0 Å². The van der Waals surface area contributed by atoms with Crippen LogP contribution in [0.2, 0.25) is 0 Å². The van der Waals surface area contributed by atoms with Crippen LogP contribution in [0.3, 0.4) is 0 Å². The van der Waals surface area contributed by atoms with E-state index in [4.69, 9.17) is 5.11 Å². The van der Waals surface area contributed by atoms with Crippen LogP contribution < -0.4 is 0 Å². The molecule has 0 fully saturated rings. The molecule has 0 radical (unpaired) electrons. The molecular formula is C30H59NO2. The van der Waals surface area contributed by atoms with E-state index in [0.29, 0.717) is 6.42 Å². The molecule has 3 heteroatoms. The molecule has 3 nitrogen and oxygen atoms in total. The van der Waals surface area contributed by atoms with Gasteiger partial charge in [0.2, 0.25) is 0 Å². The highest BCUT2D eigenvalue weighted by molar-refractivity contribution is 5.66. The van der Waals surface area contributed by atoms with Crippen molar-refractivity contribution in [3.63, 3.8) is 0 Å². The van der Waals surface area contributed by atoms with E-state index in [0.717, 1.165) is 18.8 Å². The SMILES string of the molecule is CCCCCCC(CCCCCCCCCC/C=C\CCCCCCCC(=O)O)CN(C)C. The smallest absolute Gasteiger partial charge is 0.303 e. The van der Waals surface area contributed by atoms with E-state index in [2.05, 4.69) is 38.1 Å². The van der Waals surface area contributed by atoms with E-state index >= 15 is 0 Å². The average Bonchev–Trinajstić information content (AvgIpc) is 2.77. The number of carboxylic acid groups (broad SMARTS) is 1. The van der Waals surface area contributed by atoms with Crippen molar-refractivity contribution in [1.29, 1.82) is 0 Å². The van der Waals surface area contributed by atoms with Crippen molar-refractivity contribution in [3.8, 4) is 0 Å². The van der Waals surface area contributed by atoms with Crippen molar-refractivity contribution in [3.05, 3.63) is 12.2 Å². The van der Waals surface area contributed by atoms with Crippen molar-refractivity contribution in [1.82, 2.24) is 4.90 Å². The van der Waals surface area contributed by atoms with Gasteiger partial charge in [-0.15, -0.1) is 0 Å². The Hall–Kier alpha value is -0.830. The number of hydrogen-bond acceptors (Lipinski definition) is 2. The van der Waals surface area contributed by atoms with Gasteiger partial charge < -0.3 is 10.0 Å². The first kappa shape index (κ1) is 32.2. The Balaban J connectivity index is 3.40. The maximum atomic E-state index is 10.4. The molecule has 0 saturated heterocycles. The number of unbranched alkanes of at least 4 members (excludes halogenated alkanes) is 16. The van der Waals surface area contributed by atoms with Crippen LogP contribution in [0.25, 0.3) is 0 Å². The third kappa shape index (κ3) is 27.3. The Kier molecular flexibility index (Phi) is 25.1. The van der Waals surface area contributed by atoms with Crippen molar-refractivity contribution in [2.24, 2.45) is 5.92 Å². The van der Waals surface area contributed by atoms with E-state index in [-0.39, 0.29) is 0 Å². The van der Waals surface area contributed by atoms with Crippen LogP contribution in [0, 0.1) is 5.92 Å². The van der Waals surface area contributed by atoms with Gasteiger partial charge in [-0.3, -0.25) is 4.79 Å². The molecule has 1 atom stereocenters. The van der Waals surface area contributed by atoms with Crippen molar-refractivity contribution in [2.75, 3.05) is 20.6 Å². The van der Waals surface area contributed by atoms with E-state index in [1.807, 2.05) is 0 Å². The predicted octanol–water partition coefficient (Wildman–Crippen LogP) is 9.41. The second kappa shape index (κ2) is 25.8. The molecule has 1 N–H and O–H groups in total. The summed E-state index contributed by atoms with van der Waals surface area (Å²) in [6, 6.07) is 0. The van der Waals surface area contributed by atoms with Crippen LogP contribution >= 0.6 is 0 Å². The fraction of sp³-hybridized carbons (Fsp3) is 0.900. The van der Waals surface area contributed by atoms with Gasteiger partial charge in [0.05, 0.1) is 0 Å². The molecule has 0 aliphatic heterocycles. The van der Waals surface area contributed by atoms with Crippen LogP contribution in [0.15, 0.2) is 12.2 Å². The third-order valence-corrected chi connectivity index (χ3v) is 6.75. The lowest BCUT2D eigenvalue weighted by molar-refractivity contribution is -0.137. The number of aliphatic carboxylic acids is 1. The topological polar surface area (TPSA) is 40.5 Å². The van der Waals surface area contributed by atoms with Crippen LogP contribution in [-0.2, 0) is 4.79 Å². The molecular weight excluding hydrogens is 406 g/mol. The molecule has 33 heavy (non-hydrogen) atoms. The number of nitrogens with zero attached hydrogens (tertiary/aromatic N) is 1. The van der Waals surface area contributed by atoms with E-state index in [1.165, 1.54) is 129 Å². The van der Waals surface area contributed by atoms with E-state index in [1.54, 1.807) is 0 Å². The van der Waals surface area contributed by atoms with Gasteiger partial charge in [0, 0.05) is 13.0 Å². The summed E-state index contributed by atoms with van der Waals surface area (Å²) in [4.78, 5) is 12.8. The summed E-state index contributed by atoms with van der Waals surface area (Å²) in [5.74, 6) is 0.249. The van der Waals surface area contributed by atoms with Gasteiger partial charge in [-0.25, -0.2) is 0 Å². The zero-order valence-corrected chi connectivity index (χ0v) is 22.8. The molecule has 1 unspecified atom stereocenters. The number of allylic oxidation sites excluding steroid dienone is 2. The van der Waals surface area contributed by atoms with Gasteiger partial charge in [0.15, 0.2) is 0 Å². The zero-order valence-electron chi connectivity index (χ0n) is 22.8. The third-order valence-electron chi connectivity index (χ3n) is 6.75. The minimum Gasteiger partial charge on any atom is -0.481 e. The Bertz CT molecular complexity index is 433. The Morgan fingerprint density at radius 3 is 1.55 bits per heavy atom. The van der Waals surface area contributed by atoms with Gasteiger partial charge in [-0.05, 0) is 65.0 Å². The maximum Gasteiger partial charge on any atom is 0.303 e. The number of carboxylic acids is 1. The highest BCUT2D eigenvalue weighted by atomic mass is 16.4. The molecule has 0 aromatic rings. The van der Waals surface area contributed by atoms with Crippen molar-refractivity contribution < 1.29 is 9.90 Å². The zero-order chi connectivity index (χ0) is 24.4. The highest BCUT2D eigenvalue weighted by Gasteiger charge is 2.09. The summed E-state index contributed by atoms with van der Waals surface area (Å²) in [5, 5.41) is 8.61. The predicted molar refractivity (Wildman–Crippen MR) is 146 cm³/mol. The maximum absolute atomic E-state index is 10.4. The first-order valence-electron chi connectivity index (χ1n) is 14.6. The minimum absolute atomic E-state index is 0.330. The molecule has 0 aromatic heterocycles. The Morgan fingerprint density at radius 2 is 1.09 bits per heavy atom. The summed E-state index contributed by atoms with van der Waals surface area (Å²) < 4.78 is 0. The first-order valence-corrected chi connectivity index (χ1v) is 14.6. The second-order valence-corrected chi connectivity index (χ2v) is 10.6. The lowest BCUT2D eigenvalue weighted by atomic mass is 9.94. The van der Waals surface area contributed by atoms with Crippen LogP contribution in [0.4, 0.5) is 0 Å². The van der Waals surface area contributed by atoms with Crippen LogP contribution in [0.1, 0.15) is 148 Å². The molecule has 0 aliphatic carbocycles.